The van der Waals surface area contributed by atoms with E-state index in [2.05, 4.69) is 12.2 Å². The zero-order valence-electron chi connectivity index (χ0n) is 17.8. The lowest BCUT2D eigenvalue weighted by Crippen LogP contribution is -2.26. The zero-order chi connectivity index (χ0) is 20.2. The number of hydrogen-bond donors (Lipinski definition) is 2. The summed E-state index contributed by atoms with van der Waals surface area (Å²) in [5.41, 5.74) is 0. The monoisotopic (exact) mass is 401 g/mol. The van der Waals surface area contributed by atoms with Crippen LogP contribution in [0, 0.1) is 0 Å². The predicted molar refractivity (Wildman–Crippen MR) is 117 cm³/mol. The molecule has 160 valence electrons. The van der Waals surface area contributed by atoms with Crippen molar-refractivity contribution >= 4 is 23.6 Å². The fourth-order valence-corrected chi connectivity index (χ4v) is 3.93. The van der Waals surface area contributed by atoms with Crippen LogP contribution in [0.3, 0.4) is 0 Å². The van der Waals surface area contributed by atoms with Gasteiger partial charge in [-0.25, -0.2) is 0 Å². The molecular weight excluding hydrogens is 358 g/mol. The molecule has 0 bridgehead atoms. The second kappa shape index (κ2) is 20.0. The van der Waals surface area contributed by atoms with Gasteiger partial charge in [-0.3, -0.25) is 9.59 Å². The Bertz CT molecular complexity index is 363. The van der Waals surface area contributed by atoms with Crippen LogP contribution in [0.1, 0.15) is 110 Å². The third kappa shape index (κ3) is 19.8. The molecule has 2 N–H and O–H groups in total. The molecule has 0 heterocycles. The number of carbonyl (C=O) groups excluding carboxylic acids is 1. The van der Waals surface area contributed by atoms with Gasteiger partial charge in [-0.05, 0) is 19.1 Å². The van der Waals surface area contributed by atoms with Crippen molar-refractivity contribution in [3.05, 3.63) is 0 Å². The Hall–Kier alpha value is -0.710. The molecule has 0 spiro atoms. The van der Waals surface area contributed by atoms with Gasteiger partial charge < -0.3 is 10.4 Å². The van der Waals surface area contributed by atoms with Crippen LogP contribution in [0.4, 0.5) is 0 Å². The van der Waals surface area contributed by atoms with Crippen LogP contribution in [-0.2, 0) is 9.59 Å². The summed E-state index contributed by atoms with van der Waals surface area (Å²) in [7, 11) is 0. The molecule has 0 aliphatic rings. The predicted octanol–water partition coefficient (Wildman–Crippen LogP) is 6.18. The molecule has 0 saturated heterocycles. The van der Waals surface area contributed by atoms with Crippen LogP contribution in [-0.4, -0.2) is 35.0 Å². The highest BCUT2D eigenvalue weighted by atomic mass is 32.2. The van der Waals surface area contributed by atoms with E-state index in [1.807, 2.05) is 6.26 Å². The van der Waals surface area contributed by atoms with E-state index in [1.165, 1.54) is 70.6 Å². The second-order valence-electron chi connectivity index (χ2n) is 7.59. The summed E-state index contributed by atoms with van der Waals surface area (Å²) < 4.78 is 0. The summed E-state index contributed by atoms with van der Waals surface area (Å²) >= 11 is 1.56. The summed E-state index contributed by atoms with van der Waals surface area (Å²) in [5.74, 6) is -0.666. The Labute approximate surface area is 171 Å². The maximum absolute atomic E-state index is 11.8. The van der Waals surface area contributed by atoms with Gasteiger partial charge in [0, 0.05) is 18.2 Å². The van der Waals surface area contributed by atoms with Crippen LogP contribution in [0.2, 0.25) is 0 Å². The molecular formula is C22H43NO3S. The van der Waals surface area contributed by atoms with E-state index in [-0.39, 0.29) is 17.6 Å². The van der Waals surface area contributed by atoms with Gasteiger partial charge in [-0.1, -0.05) is 84.0 Å². The Balaban J connectivity index is 3.33. The summed E-state index contributed by atoms with van der Waals surface area (Å²) in [5, 5.41) is 11.8. The number of thioether (sulfide) groups is 1. The number of carboxylic acids is 1. The average molecular weight is 402 g/mol. The third-order valence-electron chi connectivity index (χ3n) is 5.03. The van der Waals surface area contributed by atoms with Crippen molar-refractivity contribution < 1.29 is 14.7 Å². The van der Waals surface area contributed by atoms with Crippen molar-refractivity contribution in [3.63, 3.8) is 0 Å². The Morgan fingerprint density at radius 2 is 1.33 bits per heavy atom. The van der Waals surface area contributed by atoms with Crippen molar-refractivity contribution in [3.8, 4) is 0 Å². The summed E-state index contributed by atoms with van der Waals surface area (Å²) in [4.78, 5) is 22.5. The van der Waals surface area contributed by atoms with E-state index >= 15 is 0 Å². The van der Waals surface area contributed by atoms with Crippen LogP contribution in [0.15, 0.2) is 0 Å². The molecule has 0 aromatic rings. The maximum Gasteiger partial charge on any atom is 0.304 e. The molecule has 1 amide bonds. The summed E-state index contributed by atoms with van der Waals surface area (Å²) in [6.07, 6.45) is 20.4. The molecule has 0 rings (SSSR count). The number of unbranched alkanes of at least 4 members (excludes halogenated alkanes) is 12. The smallest absolute Gasteiger partial charge is 0.304 e. The molecule has 0 aromatic heterocycles. The largest absolute Gasteiger partial charge is 0.481 e. The molecule has 27 heavy (non-hydrogen) atoms. The quantitative estimate of drug-likeness (QED) is 0.239. The summed E-state index contributed by atoms with van der Waals surface area (Å²) in [6, 6.07) is 0. The number of carbonyl (C=O) groups is 2. The van der Waals surface area contributed by atoms with Crippen molar-refractivity contribution in [2.24, 2.45) is 0 Å². The van der Waals surface area contributed by atoms with Gasteiger partial charge in [0.2, 0.25) is 5.91 Å². The fraction of sp³-hybridized carbons (Fsp3) is 0.909. The van der Waals surface area contributed by atoms with Crippen molar-refractivity contribution in [2.75, 3.05) is 12.8 Å². The lowest BCUT2D eigenvalue weighted by Gasteiger charge is -2.12. The minimum atomic E-state index is -0.771. The highest BCUT2D eigenvalue weighted by Gasteiger charge is 2.12. The van der Waals surface area contributed by atoms with E-state index in [0.717, 1.165) is 19.3 Å². The Morgan fingerprint density at radius 1 is 0.852 bits per heavy atom. The van der Waals surface area contributed by atoms with E-state index in [0.29, 0.717) is 13.0 Å². The third-order valence-corrected chi connectivity index (χ3v) is 6.10. The highest BCUT2D eigenvalue weighted by molar-refractivity contribution is 7.99. The molecule has 0 saturated carbocycles. The Kier molecular flexibility index (Phi) is 19.5. The van der Waals surface area contributed by atoms with Crippen molar-refractivity contribution in [1.29, 1.82) is 0 Å². The van der Waals surface area contributed by atoms with E-state index in [9.17, 15) is 9.59 Å². The topological polar surface area (TPSA) is 66.4 Å². The van der Waals surface area contributed by atoms with Gasteiger partial charge in [-0.15, -0.1) is 0 Å². The van der Waals surface area contributed by atoms with Crippen molar-refractivity contribution in [1.82, 2.24) is 5.32 Å². The second-order valence-corrected chi connectivity index (χ2v) is 8.72. The van der Waals surface area contributed by atoms with Crippen LogP contribution < -0.4 is 5.32 Å². The maximum atomic E-state index is 11.8. The minimum Gasteiger partial charge on any atom is -0.481 e. The number of aliphatic carboxylic acids is 1. The van der Waals surface area contributed by atoms with Gasteiger partial charge >= 0.3 is 5.97 Å². The lowest BCUT2D eigenvalue weighted by atomic mass is 10.0. The number of rotatable bonds is 20. The number of nitrogens with one attached hydrogen (secondary N) is 1. The Morgan fingerprint density at radius 3 is 1.78 bits per heavy atom. The van der Waals surface area contributed by atoms with Gasteiger partial charge in [0.25, 0.3) is 0 Å². The number of hydrogen-bond acceptors (Lipinski definition) is 3. The lowest BCUT2D eigenvalue weighted by molar-refractivity contribution is -0.137. The van der Waals surface area contributed by atoms with Crippen molar-refractivity contribution in [2.45, 2.75) is 115 Å². The zero-order valence-corrected chi connectivity index (χ0v) is 18.6. The van der Waals surface area contributed by atoms with E-state index in [4.69, 9.17) is 5.11 Å². The molecule has 0 aliphatic heterocycles. The van der Waals surface area contributed by atoms with Crippen LogP contribution >= 0.6 is 11.8 Å². The molecule has 4 nitrogen and oxygen atoms in total. The molecule has 0 aliphatic carbocycles. The van der Waals surface area contributed by atoms with Crippen LogP contribution in [0.25, 0.3) is 0 Å². The normalized spacial score (nSPS) is 12.1. The molecule has 1 unspecified atom stereocenters. The molecule has 0 aromatic carbocycles. The van der Waals surface area contributed by atoms with Gasteiger partial charge in [0.1, 0.15) is 0 Å². The standard InChI is InChI=1S/C22H43NO3S/c1-3-4-5-6-7-8-9-10-11-12-13-14-15-16-21(24)23-18-17-20(27-2)19-22(25)26/h20H,3-19H2,1-2H3,(H,23,24)(H,25,26). The molecule has 5 heteroatoms. The van der Waals surface area contributed by atoms with Gasteiger partial charge in [0.15, 0.2) is 0 Å². The first-order valence-corrected chi connectivity index (χ1v) is 12.4. The minimum absolute atomic E-state index is 0.0825. The highest BCUT2D eigenvalue weighted by Crippen LogP contribution is 2.15. The fourth-order valence-electron chi connectivity index (χ4n) is 3.26. The molecule has 0 fully saturated rings. The number of carboxylic acid groups (broad SMARTS) is 1. The molecule has 0 radical (unpaired) electrons. The first-order chi connectivity index (χ1) is 13.1. The van der Waals surface area contributed by atoms with Gasteiger partial charge in [0.05, 0.1) is 6.42 Å². The van der Waals surface area contributed by atoms with E-state index < -0.39 is 5.97 Å². The van der Waals surface area contributed by atoms with E-state index in [1.54, 1.807) is 11.8 Å². The first-order valence-electron chi connectivity index (χ1n) is 11.1. The number of amides is 1. The first kappa shape index (κ1) is 26.3. The van der Waals surface area contributed by atoms with Gasteiger partial charge in [-0.2, -0.15) is 11.8 Å². The molecule has 1 atom stereocenters. The SMILES string of the molecule is CCCCCCCCCCCCCCCC(=O)NCCC(CC(=O)O)SC. The summed E-state index contributed by atoms with van der Waals surface area (Å²) in [6.45, 7) is 2.84. The van der Waals surface area contributed by atoms with Crippen LogP contribution in [0.5, 0.6) is 0 Å². The average Bonchev–Trinajstić information content (AvgIpc) is 2.64.